The van der Waals surface area contributed by atoms with Crippen molar-refractivity contribution in [3.05, 3.63) is 57.2 Å². The van der Waals surface area contributed by atoms with Crippen LogP contribution in [0.2, 0.25) is 10.0 Å². The number of unbranched alkanes of at least 4 members (excludes halogenated alkanes) is 7. The number of aryl methyl sites for hydroxylation is 1. The molecule has 34 heavy (non-hydrogen) atoms. The Morgan fingerprint density at radius 3 is 2.62 bits per heavy atom. The van der Waals surface area contributed by atoms with Gasteiger partial charge in [0.15, 0.2) is 0 Å². The van der Waals surface area contributed by atoms with E-state index in [-0.39, 0.29) is 6.61 Å². The summed E-state index contributed by atoms with van der Waals surface area (Å²) in [5, 5.41) is 14.0. The minimum absolute atomic E-state index is 0.196. The Kier molecular flexibility index (Phi) is 11.0. The van der Waals surface area contributed by atoms with Crippen molar-refractivity contribution in [1.82, 2.24) is 10.3 Å². The van der Waals surface area contributed by atoms with Gasteiger partial charge in [0.1, 0.15) is 12.5 Å². The molecule has 2 N–H and O–H groups in total. The molecule has 186 valence electrons. The molecule has 2 heterocycles. The van der Waals surface area contributed by atoms with Crippen LogP contribution in [0.15, 0.2) is 30.5 Å². The molecule has 2 aliphatic rings. The molecule has 5 nitrogen and oxygen atoms in total. The van der Waals surface area contributed by atoms with Crippen LogP contribution in [0, 0.1) is 0 Å². The maximum atomic E-state index is 10.7. The van der Waals surface area contributed by atoms with E-state index < -0.39 is 11.9 Å². The summed E-state index contributed by atoms with van der Waals surface area (Å²) in [5.74, 6) is -0.958. The quantitative estimate of drug-likeness (QED) is 0.311. The number of pyridine rings is 1. The molecule has 0 amide bonds. The zero-order valence-corrected chi connectivity index (χ0v) is 21.5. The van der Waals surface area contributed by atoms with Gasteiger partial charge in [-0.1, -0.05) is 81.1 Å². The average Bonchev–Trinajstić information content (AvgIpc) is 3.43. The summed E-state index contributed by atoms with van der Waals surface area (Å²) < 4.78 is 5.08. The Morgan fingerprint density at radius 1 is 1.15 bits per heavy atom. The van der Waals surface area contributed by atoms with E-state index in [4.69, 9.17) is 33.0 Å². The predicted molar refractivity (Wildman–Crippen MR) is 138 cm³/mol. The third-order valence-corrected chi connectivity index (χ3v) is 7.04. The zero-order chi connectivity index (χ0) is 24.3. The van der Waals surface area contributed by atoms with Crippen LogP contribution in [-0.4, -0.2) is 29.2 Å². The number of benzene rings is 1. The van der Waals surface area contributed by atoms with Crippen molar-refractivity contribution >= 4 is 29.2 Å². The number of carboxylic acids is 1. The highest BCUT2D eigenvalue weighted by Crippen LogP contribution is 2.38. The molecular formula is C27H36Cl2N2O3. The number of aliphatic carboxylic acids is 1. The fraction of sp³-hybridized carbons (Fsp3) is 0.556. The van der Waals surface area contributed by atoms with Crippen molar-refractivity contribution in [3.63, 3.8) is 0 Å². The monoisotopic (exact) mass is 506 g/mol. The number of fused-ring (bicyclic) bond motifs is 2. The molecule has 1 aromatic heterocycles. The molecule has 1 unspecified atom stereocenters. The van der Waals surface area contributed by atoms with E-state index in [9.17, 15) is 4.79 Å². The molecule has 0 radical (unpaired) electrons. The lowest BCUT2D eigenvalue weighted by molar-refractivity contribution is -0.138. The third-order valence-electron chi connectivity index (χ3n) is 6.51. The first-order valence-electron chi connectivity index (χ1n) is 12.5. The zero-order valence-electron chi connectivity index (χ0n) is 20.0. The Hall–Kier alpha value is -1.82. The van der Waals surface area contributed by atoms with E-state index in [1.54, 1.807) is 18.3 Å². The van der Waals surface area contributed by atoms with Gasteiger partial charge in [0.2, 0.25) is 5.88 Å². The van der Waals surface area contributed by atoms with Gasteiger partial charge in [0, 0.05) is 27.8 Å². The lowest BCUT2D eigenvalue weighted by Gasteiger charge is -2.15. The van der Waals surface area contributed by atoms with Crippen molar-refractivity contribution in [2.75, 3.05) is 13.2 Å². The summed E-state index contributed by atoms with van der Waals surface area (Å²) in [4.78, 5) is 14.6. The summed E-state index contributed by atoms with van der Waals surface area (Å²) in [5.41, 5.74) is 3.28. The summed E-state index contributed by atoms with van der Waals surface area (Å²) in [6.45, 7) is 3.56. The largest absolute Gasteiger partial charge is 0.481 e. The van der Waals surface area contributed by atoms with Gasteiger partial charge in [-0.05, 0) is 55.1 Å². The summed E-state index contributed by atoms with van der Waals surface area (Å²) in [6.07, 6.45) is 14.8. The summed E-state index contributed by atoms with van der Waals surface area (Å²) in [7, 11) is 0. The van der Waals surface area contributed by atoms with Crippen molar-refractivity contribution in [1.29, 1.82) is 0 Å². The number of carbonyl (C=O) groups is 1. The molecule has 0 saturated heterocycles. The van der Waals surface area contributed by atoms with E-state index in [1.165, 1.54) is 62.5 Å². The molecular weight excluding hydrogens is 471 g/mol. The number of nitrogens with zero attached hydrogens (tertiary/aromatic N) is 1. The number of hydrogen-bond acceptors (Lipinski definition) is 4. The highest BCUT2D eigenvalue weighted by Gasteiger charge is 2.30. The van der Waals surface area contributed by atoms with Gasteiger partial charge in [0.25, 0.3) is 0 Å². The first-order chi connectivity index (χ1) is 16.5. The lowest BCUT2D eigenvalue weighted by atomic mass is 10.0. The van der Waals surface area contributed by atoms with Gasteiger partial charge in [-0.15, -0.1) is 0 Å². The van der Waals surface area contributed by atoms with E-state index in [1.807, 2.05) is 6.07 Å². The Labute approximate surface area is 213 Å². The van der Waals surface area contributed by atoms with Gasteiger partial charge in [-0.2, -0.15) is 0 Å². The van der Waals surface area contributed by atoms with Crippen molar-refractivity contribution < 1.29 is 14.6 Å². The minimum atomic E-state index is -0.859. The van der Waals surface area contributed by atoms with Crippen molar-refractivity contribution in [2.45, 2.75) is 83.1 Å². The van der Waals surface area contributed by atoms with Crippen LogP contribution in [0.25, 0.3) is 0 Å². The summed E-state index contributed by atoms with van der Waals surface area (Å²) in [6, 6.07) is 7.81. The van der Waals surface area contributed by atoms with Crippen LogP contribution >= 0.6 is 23.2 Å². The topological polar surface area (TPSA) is 71.5 Å². The molecule has 1 aromatic carbocycles. The molecule has 0 saturated carbocycles. The number of ether oxygens (including phenoxy) is 1. The Bertz CT molecular complexity index is 938. The van der Waals surface area contributed by atoms with Gasteiger partial charge < -0.3 is 15.2 Å². The number of nitrogens with one attached hydrogen (secondary N) is 1. The maximum absolute atomic E-state index is 10.7. The molecule has 2 atom stereocenters. The van der Waals surface area contributed by atoms with E-state index in [0.717, 1.165) is 29.4 Å². The van der Waals surface area contributed by atoms with Crippen molar-refractivity contribution in [3.8, 4) is 5.88 Å². The van der Waals surface area contributed by atoms with E-state index in [2.05, 4.69) is 23.3 Å². The number of hydrogen-bond donors (Lipinski definition) is 2. The van der Waals surface area contributed by atoms with Gasteiger partial charge >= 0.3 is 5.97 Å². The van der Waals surface area contributed by atoms with Gasteiger partial charge in [0.05, 0.1) is 0 Å². The van der Waals surface area contributed by atoms with E-state index >= 15 is 0 Å². The normalized spacial score (nSPS) is 18.0. The number of rotatable bonds is 11. The van der Waals surface area contributed by atoms with Crippen LogP contribution in [0.4, 0.5) is 0 Å². The highest BCUT2D eigenvalue weighted by molar-refractivity contribution is 6.35. The van der Waals surface area contributed by atoms with Crippen LogP contribution in [0.1, 0.15) is 93.4 Å². The van der Waals surface area contributed by atoms with Crippen LogP contribution in [0.3, 0.4) is 0 Å². The number of carboxylic acid groups (broad SMARTS) is 1. The fourth-order valence-corrected chi connectivity index (χ4v) is 5.33. The second-order valence-electron chi connectivity index (χ2n) is 9.08. The molecule has 2 aromatic rings. The molecule has 4 rings (SSSR count). The number of aromatic nitrogens is 1. The van der Waals surface area contributed by atoms with Crippen LogP contribution < -0.4 is 10.1 Å². The van der Waals surface area contributed by atoms with Gasteiger partial charge in [-0.25, -0.2) is 4.98 Å². The second-order valence-corrected chi connectivity index (χ2v) is 9.92. The van der Waals surface area contributed by atoms with Gasteiger partial charge in [-0.3, -0.25) is 4.79 Å². The molecule has 1 aliphatic heterocycles. The third kappa shape index (κ3) is 7.59. The lowest BCUT2D eigenvalue weighted by Crippen LogP contribution is -2.20. The smallest absolute Gasteiger partial charge is 0.314 e. The fourth-order valence-electron chi connectivity index (χ4n) is 4.66. The highest BCUT2D eigenvalue weighted by atomic mass is 35.5. The molecule has 0 bridgehead atoms. The molecule has 0 spiro atoms. The maximum Gasteiger partial charge on any atom is 0.314 e. The molecule has 7 heteroatoms. The van der Waals surface area contributed by atoms with Crippen molar-refractivity contribution in [2.24, 2.45) is 0 Å². The minimum Gasteiger partial charge on any atom is -0.481 e. The molecule has 0 fully saturated rings. The second kappa shape index (κ2) is 13.9. The Balaban J connectivity index is 0.000000226. The first-order valence-corrected chi connectivity index (χ1v) is 13.3. The van der Waals surface area contributed by atoms with E-state index in [0.29, 0.717) is 17.5 Å². The predicted octanol–water partition coefficient (Wildman–Crippen LogP) is 7.35. The first kappa shape index (κ1) is 26.8. The summed E-state index contributed by atoms with van der Waals surface area (Å²) >= 11 is 12.4. The SMILES string of the molecule is CCCCCCCCCCN[C@@H]1CCc2cc(Cl)cc(Cl)c21.O=C(O)C1COc2ncccc21. The Morgan fingerprint density at radius 2 is 1.88 bits per heavy atom. The van der Waals surface area contributed by atoms with Crippen LogP contribution in [0.5, 0.6) is 5.88 Å². The van der Waals surface area contributed by atoms with Crippen LogP contribution in [-0.2, 0) is 11.2 Å². The number of halogens is 2. The standard InChI is InChI=1S/C19H29Cl2N.C8H7NO3/c1-2-3-4-5-6-7-8-9-12-22-18-11-10-15-13-16(20)14-17(21)19(15)18;10-8(11)6-4-12-7-5(6)2-1-3-9-7/h13-14,18,22H,2-12H2,1H3;1-3,6H,4H2,(H,10,11)/t18-;/m1./s1. The average molecular weight is 508 g/mol. The molecule has 1 aliphatic carbocycles.